The van der Waals surface area contributed by atoms with Gasteiger partial charge in [-0.3, -0.25) is 4.98 Å². The van der Waals surface area contributed by atoms with Crippen LogP contribution in [0.3, 0.4) is 0 Å². The second-order valence-electron chi connectivity index (χ2n) is 7.71. The van der Waals surface area contributed by atoms with Crippen LogP contribution in [0.2, 0.25) is 52.4 Å². The zero-order valence-electron chi connectivity index (χ0n) is 14.6. The maximum absolute atomic E-state index is 4.68. The first-order chi connectivity index (χ1) is 7.97. The molecular formula is C14H28Cl2InNSi3-2. The molecule has 21 heavy (non-hydrogen) atoms. The molecule has 0 aromatic carbocycles. The van der Waals surface area contributed by atoms with Gasteiger partial charge in [-0.2, -0.15) is 0 Å². The minimum Gasteiger partial charge on any atom is -1.00 e. The zero-order chi connectivity index (χ0) is 14.2. The predicted octanol–water partition coefficient (Wildman–Crippen LogP) is -2.51. The summed E-state index contributed by atoms with van der Waals surface area (Å²) in [5, 5.41) is 1.37. The van der Waals surface area contributed by atoms with Crippen molar-refractivity contribution in [1.82, 2.24) is 4.98 Å². The molecule has 1 rings (SSSR count). The summed E-state index contributed by atoms with van der Waals surface area (Å²) in [5.74, 6) is 0. The molecule has 0 amide bonds. The first kappa shape index (κ1) is 27.1. The topological polar surface area (TPSA) is 12.9 Å². The second kappa shape index (κ2) is 9.52. The molecule has 0 bridgehead atoms. The SMILES string of the molecule is C[Si](C)(C)[C]([Si](C)(C)C)[Si](C)(C)c1ccccn1.[Cl-].[Cl-].[In]. The van der Waals surface area contributed by atoms with E-state index in [1.807, 2.05) is 17.1 Å². The number of nitrogens with zero attached hydrogens (tertiary/aromatic N) is 1. The summed E-state index contributed by atoms with van der Waals surface area (Å²) in [6.07, 6.45) is 1.95. The summed E-state index contributed by atoms with van der Waals surface area (Å²) in [5.41, 5.74) is 0. The monoisotopic (exact) mass is 479 g/mol. The molecular weight excluding hydrogens is 452 g/mol. The molecule has 4 radical (unpaired) electrons. The third-order valence-corrected chi connectivity index (χ3v) is 22.0. The van der Waals surface area contributed by atoms with Gasteiger partial charge in [0, 0.05) is 53.5 Å². The summed E-state index contributed by atoms with van der Waals surface area (Å²) in [4.78, 5) is 6.64. The minimum absolute atomic E-state index is 0. The molecule has 1 aromatic rings. The summed E-state index contributed by atoms with van der Waals surface area (Å²) in [7, 11) is -4.03. The molecule has 0 fully saturated rings. The van der Waals surface area contributed by atoms with Gasteiger partial charge in [-0.1, -0.05) is 58.4 Å². The van der Waals surface area contributed by atoms with Crippen LogP contribution in [0.15, 0.2) is 24.4 Å². The van der Waals surface area contributed by atoms with E-state index < -0.39 is 24.2 Å². The van der Waals surface area contributed by atoms with Gasteiger partial charge < -0.3 is 24.8 Å². The average Bonchev–Trinajstić information content (AvgIpc) is 2.13. The number of aromatic nitrogens is 1. The Bertz CT molecular complexity index is 389. The molecule has 1 heterocycles. The second-order valence-corrected chi connectivity index (χ2v) is 23.5. The number of pyridine rings is 1. The molecule has 0 aliphatic rings. The van der Waals surface area contributed by atoms with Gasteiger partial charge in [0.1, 0.15) is 8.07 Å². The van der Waals surface area contributed by atoms with Gasteiger partial charge in [-0.15, -0.1) is 0 Å². The van der Waals surface area contributed by atoms with Crippen molar-refractivity contribution >= 4 is 55.4 Å². The van der Waals surface area contributed by atoms with Crippen LogP contribution in [-0.2, 0) is 0 Å². The molecule has 0 spiro atoms. The van der Waals surface area contributed by atoms with Crippen molar-refractivity contribution < 1.29 is 24.8 Å². The van der Waals surface area contributed by atoms with Crippen molar-refractivity contribution in [2.45, 2.75) is 52.4 Å². The third kappa shape index (κ3) is 7.12. The van der Waals surface area contributed by atoms with Crippen LogP contribution in [0.1, 0.15) is 0 Å². The van der Waals surface area contributed by atoms with Crippen molar-refractivity contribution in [3.63, 3.8) is 0 Å². The normalized spacial score (nSPS) is 12.0. The summed E-state index contributed by atoms with van der Waals surface area (Å²) < 4.78 is 0. The number of rotatable bonds is 4. The van der Waals surface area contributed by atoms with E-state index in [1.165, 1.54) is 5.32 Å². The Kier molecular flexibility index (Phi) is 12.3. The number of halogens is 2. The van der Waals surface area contributed by atoms with Gasteiger partial charge in [0.15, 0.2) is 0 Å². The predicted molar refractivity (Wildman–Crippen MR) is 97.0 cm³/mol. The molecule has 0 unspecified atom stereocenters. The van der Waals surface area contributed by atoms with Crippen LogP contribution in [0, 0.1) is 4.79 Å². The first-order valence-electron chi connectivity index (χ1n) is 6.77. The van der Waals surface area contributed by atoms with E-state index in [0.717, 1.165) is 0 Å². The molecule has 0 aliphatic carbocycles. The molecule has 0 saturated carbocycles. The van der Waals surface area contributed by atoms with Crippen molar-refractivity contribution in [3.8, 4) is 0 Å². The Morgan fingerprint density at radius 3 is 1.52 bits per heavy atom. The molecule has 0 saturated heterocycles. The minimum atomic E-state index is -1.55. The quantitative estimate of drug-likeness (QED) is 0.435. The van der Waals surface area contributed by atoms with Crippen LogP contribution in [0.25, 0.3) is 0 Å². The van der Waals surface area contributed by atoms with E-state index in [2.05, 4.69) is 69.5 Å². The van der Waals surface area contributed by atoms with E-state index >= 15 is 0 Å². The van der Waals surface area contributed by atoms with E-state index in [4.69, 9.17) is 0 Å². The fourth-order valence-corrected chi connectivity index (χ4v) is 29.8. The molecule has 1 nitrogen and oxygen atoms in total. The van der Waals surface area contributed by atoms with Gasteiger partial charge in [0.2, 0.25) is 0 Å². The first-order valence-corrected chi connectivity index (χ1v) is 16.8. The summed E-state index contributed by atoms with van der Waals surface area (Å²) in [6.45, 7) is 20.1. The standard InChI is InChI=1S/C14H28NSi3.2ClH.In/c1-16(2,3)14(17(4,5)6)18(7,8)13-11-9-10-12-15-13;;;/h9-12H,1-8H3;2*1H;/p-2. The van der Waals surface area contributed by atoms with Crippen molar-refractivity contribution in [2.24, 2.45) is 0 Å². The van der Waals surface area contributed by atoms with Crippen LogP contribution < -0.4 is 30.1 Å². The Balaban J connectivity index is -0.00000108. The van der Waals surface area contributed by atoms with Gasteiger partial charge in [-0.25, -0.2) is 0 Å². The van der Waals surface area contributed by atoms with Crippen LogP contribution in [0.4, 0.5) is 0 Å². The Labute approximate surface area is 165 Å². The number of hydrogen-bond donors (Lipinski definition) is 0. The van der Waals surface area contributed by atoms with Gasteiger partial charge in [0.05, 0.1) is 0 Å². The van der Waals surface area contributed by atoms with E-state index in [-0.39, 0.29) is 50.7 Å². The molecule has 0 aliphatic heterocycles. The van der Waals surface area contributed by atoms with Crippen molar-refractivity contribution in [1.29, 1.82) is 0 Å². The van der Waals surface area contributed by atoms with Crippen molar-refractivity contribution in [2.75, 3.05) is 0 Å². The largest absolute Gasteiger partial charge is 1.00 e. The molecule has 0 atom stereocenters. The Morgan fingerprint density at radius 2 is 1.24 bits per heavy atom. The summed E-state index contributed by atoms with van der Waals surface area (Å²) in [6, 6.07) is 6.41. The Morgan fingerprint density at radius 1 is 0.810 bits per heavy atom. The van der Waals surface area contributed by atoms with Gasteiger partial charge in [0.25, 0.3) is 0 Å². The zero-order valence-corrected chi connectivity index (χ0v) is 22.4. The maximum Gasteiger partial charge on any atom is 0.105 e. The number of hydrogen-bond acceptors (Lipinski definition) is 1. The molecule has 7 heteroatoms. The van der Waals surface area contributed by atoms with Gasteiger partial charge in [-0.05, 0) is 16.9 Å². The Hall–Kier alpha value is 1.25. The van der Waals surface area contributed by atoms with E-state index in [9.17, 15) is 0 Å². The van der Waals surface area contributed by atoms with Gasteiger partial charge >= 0.3 is 0 Å². The molecule has 1 aromatic heterocycles. The average molecular weight is 480 g/mol. The third-order valence-electron chi connectivity index (χ3n) is 3.43. The molecule has 0 N–H and O–H groups in total. The van der Waals surface area contributed by atoms with Crippen LogP contribution in [-0.4, -0.2) is 55.0 Å². The molecule has 120 valence electrons. The van der Waals surface area contributed by atoms with Crippen LogP contribution >= 0.6 is 0 Å². The van der Waals surface area contributed by atoms with Crippen molar-refractivity contribution in [3.05, 3.63) is 29.2 Å². The fraction of sp³-hybridized carbons (Fsp3) is 0.571. The van der Waals surface area contributed by atoms with E-state index in [0.29, 0.717) is 0 Å². The fourth-order valence-electron chi connectivity index (χ4n) is 3.86. The summed E-state index contributed by atoms with van der Waals surface area (Å²) >= 11 is 0. The van der Waals surface area contributed by atoms with Crippen LogP contribution in [0.5, 0.6) is 0 Å². The maximum atomic E-state index is 4.68. The van der Waals surface area contributed by atoms with E-state index in [1.54, 1.807) is 0 Å². The smallest absolute Gasteiger partial charge is 0.105 e.